The highest BCUT2D eigenvalue weighted by Crippen LogP contribution is 2.64. The molecule has 2 rings (SSSR count). The predicted octanol–water partition coefficient (Wildman–Crippen LogP) is 3.52. The number of carbonyl (C=O) groups excluding carboxylic acids is 1. The van der Waals surface area contributed by atoms with Gasteiger partial charge in [-0.3, -0.25) is 4.79 Å². The number of nitrogens with one attached hydrogen (secondary N) is 1. The van der Waals surface area contributed by atoms with Crippen LogP contribution in [0, 0.1) is 12.3 Å². The van der Waals surface area contributed by atoms with Crippen molar-refractivity contribution in [2.45, 2.75) is 24.6 Å². The summed E-state index contributed by atoms with van der Waals surface area (Å²) in [7, 11) is 0. The third kappa shape index (κ3) is 1.92. The standard InChI is InChI=1S/C12H13Cl2NO/c1-8-3-5-9(6-4-8)15-10(16)11(2)7-12(11,13)14/h3-6H,7H2,1-2H3,(H,15,16). The Kier molecular flexibility index (Phi) is 2.67. The minimum atomic E-state index is -0.915. The van der Waals surface area contributed by atoms with Crippen LogP contribution in [0.3, 0.4) is 0 Å². The summed E-state index contributed by atoms with van der Waals surface area (Å²) in [5.41, 5.74) is 1.26. The Morgan fingerprint density at radius 1 is 1.31 bits per heavy atom. The topological polar surface area (TPSA) is 29.1 Å². The number of hydrogen-bond acceptors (Lipinski definition) is 1. The maximum Gasteiger partial charge on any atom is 0.233 e. The summed E-state index contributed by atoms with van der Waals surface area (Å²) in [4.78, 5) is 11.9. The van der Waals surface area contributed by atoms with Crippen LogP contribution in [0.5, 0.6) is 0 Å². The molecule has 1 aliphatic rings. The van der Waals surface area contributed by atoms with Gasteiger partial charge in [0.25, 0.3) is 0 Å². The van der Waals surface area contributed by atoms with Crippen LogP contribution >= 0.6 is 23.2 Å². The summed E-state index contributed by atoms with van der Waals surface area (Å²) in [6, 6.07) is 7.62. The van der Waals surface area contributed by atoms with Crippen LogP contribution in [0.25, 0.3) is 0 Å². The van der Waals surface area contributed by atoms with Crippen molar-refractivity contribution in [3.8, 4) is 0 Å². The van der Waals surface area contributed by atoms with E-state index in [1.165, 1.54) is 0 Å². The van der Waals surface area contributed by atoms with Crippen molar-refractivity contribution in [2.24, 2.45) is 5.41 Å². The lowest BCUT2D eigenvalue weighted by atomic mass is 10.1. The van der Waals surface area contributed by atoms with E-state index < -0.39 is 9.75 Å². The Morgan fingerprint density at radius 2 is 1.81 bits per heavy atom. The molecular formula is C12H13Cl2NO. The Hall–Kier alpha value is -0.730. The zero-order chi connectivity index (χ0) is 12.0. The van der Waals surface area contributed by atoms with Gasteiger partial charge in [-0.25, -0.2) is 0 Å². The second-order valence-electron chi connectivity index (χ2n) is 4.53. The van der Waals surface area contributed by atoms with Crippen LogP contribution in [-0.4, -0.2) is 10.2 Å². The molecule has 1 atom stereocenters. The molecule has 0 aromatic heterocycles. The molecule has 1 aromatic rings. The van der Waals surface area contributed by atoms with Gasteiger partial charge < -0.3 is 5.32 Å². The van der Waals surface area contributed by atoms with Crippen molar-refractivity contribution >= 4 is 34.8 Å². The van der Waals surface area contributed by atoms with Crippen LogP contribution in [0.1, 0.15) is 18.9 Å². The summed E-state index contributed by atoms with van der Waals surface area (Å²) < 4.78 is -0.915. The minimum Gasteiger partial charge on any atom is -0.326 e. The van der Waals surface area contributed by atoms with Crippen LogP contribution in [-0.2, 0) is 4.79 Å². The van der Waals surface area contributed by atoms with E-state index in [2.05, 4.69) is 5.32 Å². The van der Waals surface area contributed by atoms with Crippen LogP contribution < -0.4 is 5.32 Å². The smallest absolute Gasteiger partial charge is 0.233 e. The van der Waals surface area contributed by atoms with Crippen LogP contribution in [0.15, 0.2) is 24.3 Å². The summed E-state index contributed by atoms with van der Waals surface area (Å²) in [5.74, 6) is -0.124. The Bertz CT molecular complexity index is 427. The number of alkyl halides is 2. The molecule has 1 fully saturated rings. The Morgan fingerprint density at radius 3 is 2.25 bits per heavy atom. The highest BCUT2D eigenvalue weighted by molar-refractivity contribution is 6.53. The van der Waals surface area contributed by atoms with Gasteiger partial charge in [0, 0.05) is 5.69 Å². The molecule has 1 unspecified atom stereocenters. The van der Waals surface area contributed by atoms with Gasteiger partial charge >= 0.3 is 0 Å². The van der Waals surface area contributed by atoms with Gasteiger partial charge in [-0.05, 0) is 32.4 Å². The van der Waals surface area contributed by atoms with Gasteiger partial charge in [0.05, 0.1) is 5.41 Å². The van der Waals surface area contributed by atoms with E-state index in [4.69, 9.17) is 23.2 Å². The fourth-order valence-electron chi connectivity index (χ4n) is 1.55. The van der Waals surface area contributed by atoms with Gasteiger partial charge in [-0.2, -0.15) is 0 Å². The molecule has 0 aliphatic heterocycles. The minimum absolute atomic E-state index is 0.124. The van der Waals surface area contributed by atoms with Crippen molar-refractivity contribution < 1.29 is 4.79 Å². The Balaban J connectivity index is 2.07. The molecule has 1 saturated carbocycles. The quantitative estimate of drug-likeness (QED) is 0.808. The summed E-state index contributed by atoms with van der Waals surface area (Å²) >= 11 is 11.9. The van der Waals surface area contributed by atoms with Crippen molar-refractivity contribution in [1.82, 2.24) is 0 Å². The molecule has 1 amide bonds. The lowest BCUT2D eigenvalue weighted by Gasteiger charge is -2.12. The predicted molar refractivity (Wildman–Crippen MR) is 67.0 cm³/mol. The van der Waals surface area contributed by atoms with Gasteiger partial charge in [0.1, 0.15) is 4.33 Å². The maximum atomic E-state index is 11.9. The van der Waals surface area contributed by atoms with Crippen LogP contribution in [0.2, 0.25) is 0 Å². The molecule has 0 radical (unpaired) electrons. The fraction of sp³-hybridized carbons (Fsp3) is 0.417. The van der Waals surface area contributed by atoms with Gasteiger partial charge in [-0.15, -0.1) is 23.2 Å². The van der Waals surface area contributed by atoms with E-state index >= 15 is 0 Å². The molecule has 0 spiro atoms. The molecule has 1 aromatic carbocycles. The lowest BCUT2D eigenvalue weighted by Crippen LogP contribution is -2.25. The first-order valence-electron chi connectivity index (χ1n) is 5.11. The van der Waals surface area contributed by atoms with Gasteiger partial charge in [0.2, 0.25) is 5.91 Å². The van der Waals surface area contributed by atoms with Gasteiger partial charge in [0.15, 0.2) is 0 Å². The van der Waals surface area contributed by atoms with Crippen molar-refractivity contribution in [2.75, 3.05) is 5.32 Å². The van der Waals surface area contributed by atoms with Gasteiger partial charge in [-0.1, -0.05) is 17.7 Å². The molecule has 1 N–H and O–H groups in total. The summed E-state index contributed by atoms with van der Waals surface area (Å²) in [5, 5.41) is 2.82. The first-order chi connectivity index (χ1) is 7.35. The molecule has 0 saturated heterocycles. The van der Waals surface area contributed by atoms with Crippen molar-refractivity contribution in [1.29, 1.82) is 0 Å². The maximum absolute atomic E-state index is 11.9. The molecule has 0 heterocycles. The summed E-state index contributed by atoms with van der Waals surface area (Å²) in [6.45, 7) is 3.77. The van der Waals surface area contributed by atoms with E-state index in [0.29, 0.717) is 6.42 Å². The highest BCUT2D eigenvalue weighted by Gasteiger charge is 2.67. The number of aryl methyl sites for hydroxylation is 1. The van der Waals surface area contributed by atoms with E-state index in [9.17, 15) is 4.79 Å². The van der Waals surface area contributed by atoms with Crippen LogP contribution in [0.4, 0.5) is 5.69 Å². The Labute approximate surface area is 105 Å². The molecular weight excluding hydrogens is 245 g/mol. The van der Waals surface area contributed by atoms with Crippen molar-refractivity contribution in [3.05, 3.63) is 29.8 Å². The first kappa shape index (κ1) is 11.7. The molecule has 1 aliphatic carbocycles. The number of hydrogen-bond donors (Lipinski definition) is 1. The number of benzene rings is 1. The second-order valence-corrected chi connectivity index (χ2v) is 6.02. The van der Waals surface area contributed by atoms with E-state index in [-0.39, 0.29) is 5.91 Å². The summed E-state index contributed by atoms with van der Waals surface area (Å²) in [6.07, 6.45) is 0.501. The van der Waals surface area contributed by atoms with Crippen molar-refractivity contribution in [3.63, 3.8) is 0 Å². The fourth-order valence-corrected chi connectivity index (χ4v) is 2.26. The largest absolute Gasteiger partial charge is 0.326 e. The number of halogens is 2. The third-order valence-electron chi connectivity index (χ3n) is 3.07. The number of rotatable bonds is 2. The average Bonchev–Trinajstić information content (AvgIpc) is 2.71. The highest BCUT2D eigenvalue weighted by atomic mass is 35.5. The normalized spacial score (nSPS) is 26.2. The molecule has 0 bridgehead atoms. The van der Waals surface area contributed by atoms with E-state index in [1.807, 2.05) is 31.2 Å². The number of anilines is 1. The molecule has 16 heavy (non-hydrogen) atoms. The van der Waals surface area contributed by atoms with E-state index in [0.717, 1.165) is 11.3 Å². The zero-order valence-corrected chi connectivity index (χ0v) is 10.7. The third-order valence-corrected chi connectivity index (χ3v) is 4.17. The SMILES string of the molecule is Cc1ccc(NC(=O)C2(C)CC2(Cl)Cl)cc1. The molecule has 2 nitrogen and oxygen atoms in total. The lowest BCUT2D eigenvalue weighted by molar-refractivity contribution is -0.120. The molecule has 86 valence electrons. The monoisotopic (exact) mass is 257 g/mol. The van der Waals surface area contributed by atoms with E-state index in [1.54, 1.807) is 6.92 Å². The number of amides is 1. The zero-order valence-electron chi connectivity index (χ0n) is 9.18. The average molecular weight is 258 g/mol. The first-order valence-corrected chi connectivity index (χ1v) is 5.87. The second kappa shape index (κ2) is 3.64. The molecule has 4 heteroatoms. The number of carbonyl (C=O) groups is 1.